The van der Waals surface area contributed by atoms with E-state index in [9.17, 15) is 0 Å². The maximum Gasteiger partial charge on any atom is 0.130 e. The Kier molecular flexibility index (Phi) is 5.66. The summed E-state index contributed by atoms with van der Waals surface area (Å²) in [6, 6.07) is 50.0. The first kappa shape index (κ1) is 25.9. The highest BCUT2D eigenvalue weighted by molar-refractivity contribution is 6.24. The van der Waals surface area contributed by atoms with Crippen molar-refractivity contribution in [3.8, 4) is 39.1 Å². The first-order valence-corrected chi connectivity index (χ1v) is 16.6. The molecule has 218 valence electrons. The lowest BCUT2D eigenvalue weighted by atomic mass is 9.84. The molecule has 1 aliphatic heterocycles. The highest BCUT2D eigenvalue weighted by Crippen LogP contribution is 2.47. The van der Waals surface area contributed by atoms with Crippen molar-refractivity contribution in [2.24, 2.45) is 0 Å². The van der Waals surface area contributed by atoms with Gasteiger partial charge < -0.3 is 4.74 Å². The van der Waals surface area contributed by atoms with Crippen molar-refractivity contribution >= 4 is 43.1 Å². The van der Waals surface area contributed by atoms with Gasteiger partial charge >= 0.3 is 0 Å². The number of benzene rings is 8. The third kappa shape index (κ3) is 3.75. The van der Waals surface area contributed by atoms with Crippen LogP contribution < -0.4 is 4.74 Å². The van der Waals surface area contributed by atoms with Crippen molar-refractivity contribution in [3.63, 3.8) is 0 Å². The summed E-state index contributed by atoms with van der Waals surface area (Å²) in [5.41, 5.74) is 12.0. The summed E-state index contributed by atoms with van der Waals surface area (Å²) in [4.78, 5) is 0. The van der Waals surface area contributed by atoms with Crippen LogP contribution in [-0.4, -0.2) is 6.61 Å². The highest BCUT2D eigenvalue weighted by Gasteiger charge is 2.22. The van der Waals surface area contributed by atoms with Crippen molar-refractivity contribution in [2.75, 3.05) is 6.61 Å². The third-order valence-electron chi connectivity index (χ3n) is 10.5. The molecule has 10 rings (SSSR count). The van der Waals surface area contributed by atoms with Crippen LogP contribution in [-0.2, 0) is 19.3 Å². The molecule has 8 aromatic rings. The molecule has 8 aromatic carbocycles. The maximum absolute atomic E-state index is 6.17. The maximum atomic E-state index is 6.17. The van der Waals surface area contributed by atoms with Crippen LogP contribution in [0.5, 0.6) is 5.75 Å². The third-order valence-corrected chi connectivity index (χ3v) is 10.5. The first-order valence-electron chi connectivity index (χ1n) is 16.6. The molecule has 46 heavy (non-hydrogen) atoms. The number of hydrogen-bond donors (Lipinski definition) is 0. The molecule has 2 aliphatic rings. The largest absolute Gasteiger partial charge is 0.493 e. The molecule has 0 unspecified atom stereocenters. The molecular weight excluding hydrogens is 556 g/mol. The van der Waals surface area contributed by atoms with Gasteiger partial charge in [-0.1, -0.05) is 127 Å². The SMILES string of the molecule is c1ccc2c3c(cc(-c4ccc(-c5c6ccccc6c(-c6ccc7c8c(cccc68)CC7)c6ccccc56)cc4)c2c1)CCCO3. The lowest BCUT2D eigenvalue weighted by Gasteiger charge is -2.22. The van der Waals surface area contributed by atoms with Gasteiger partial charge in [-0.15, -0.1) is 0 Å². The molecule has 0 saturated carbocycles. The van der Waals surface area contributed by atoms with E-state index in [0.29, 0.717) is 0 Å². The van der Waals surface area contributed by atoms with Gasteiger partial charge in [-0.05, 0) is 120 Å². The average Bonchev–Trinajstić information content (AvgIpc) is 3.55. The van der Waals surface area contributed by atoms with E-state index in [1.54, 1.807) is 0 Å². The molecule has 0 N–H and O–H groups in total. The van der Waals surface area contributed by atoms with E-state index < -0.39 is 0 Å². The van der Waals surface area contributed by atoms with E-state index in [-0.39, 0.29) is 0 Å². The zero-order valence-corrected chi connectivity index (χ0v) is 25.6. The molecule has 0 saturated heterocycles. The van der Waals surface area contributed by atoms with Crippen LogP contribution in [0.2, 0.25) is 0 Å². The van der Waals surface area contributed by atoms with Crippen LogP contribution in [0.1, 0.15) is 23.1 Å². The summed E-state index contributed by atoms with van der Waals surface area (Å²) in [5.74, 6) is 1.07. The Morgan fingerprint density at radius 1 is 0.391 bits per heavy atom. The van der Waals surface area contributed by atoms with Crippen molar-refractivity contribution in [1.29, 1.82) is 0 Å². The Bertz CT molecular complexity index is 2450. The van der Waals surface area contributed by atoms with Crippen molar-refractivity contribution in [2.45, 2.75) is 25.7 Å². The van der Waals surface area contributed by atoms with Gasteiger partial charge in [0, 0.05) is 5.39 Å². The van der Waals surface area contributed by atoms with E-state index in [1.165, 1.54) is 93.2 Å². The fraction of sp³-hybridized carbons (Fsp3) is 0.111. The zero-order valence-electron chi connectivity index (χ0n) is 25.6. The normalized spacial score (nSPS) is 13.8. The Hall–Kier alpha value is -5.40. The Balaban J connectivity index is 1.19. The topological polar surface area (TPSA) is 9.23 Å². The predicted molar refractivity (Wildman–Crippen MR) is 194 cm³/mol. The van der Waals surface area contributed by atoms with Crippen LogP contribution in [0, 0.1) is 0 Å². The number of ether oxygens (including phenoxy) is 1. The van der Waals surface area contributed by atoms with Crippen LogP contribution in [0.3, 0.4) is 0 Å². The predicted octanol–water partition coefficient (Wildman–Crippen LogP) is 11.7. The lowest BCUT2D eigenvalue weighted by Crippen LogP contribution is -2.09. The van der Waals surface area contributed by atoms with Gasteiger partial charge in [-0.2, -0.15) is 0 Å². The van der Waals surface area contributed by atoms with Crippen molar-refractivity contribution in [3.05, 3.63) is 150 Å². The van der Waals surface area contributed by atoms with Gasteiger partial charge in [0.05, 0.1) is 6.61 Å². The van der Waals surface area contributed by atoms with Crippen LogP contribution in [0.4, 0.5) is 0 Å². The van der Waals surface area contributed by atoms with Crippen LogP contribution >= 0.6 is 0 Å². The standard InChI is InChI=1S/C45H32O/c1-6-16-40-33(11-1)41(27-32-10-8-26-46-45(32)40)28-18-20-31(21-19-28)43-35-12-2-4-14-37(35)44(38-15-5-3-13-36(38)43)39-25-24-30-23-22-29-9-7-17-34(39)42(29)30/h1-7,9,11-21,24-25,27H,8,10,22-23,26H2. The number of hydrogen-bond acceptors (Lipinski definition) is 1. The van der Waals surface area contributed by atoms with E-state index in [2.05, 4.69) is 133 Å². The second-order valence-corrected chi connectivity index (χ2v) is 12.9. The zero-order chi connectivity index (χ0) is 30.2. The first-order chi connectivity index (χ1) is 22.8. The van der Waals surface area contributed by atoms with E-state index in [4.69, 9.17) is 4.74 Å². The molecule has 0 amide bonds. The molecule has 0 fully saturated rings. The van der Waals surface area contributed by atoms with Gasteiger partial charge in [0.25, 0.3) is 0 Å². The molecular formula is C45H32O. The fourth-order valence-electron chi connectivity index (χ4n) is 8.45. The number of aryl methyl sites for hydroxylation is 3. The summed E-state index contributed by atoms with van der Waals surface area (Å²) in [6.45, 7) is 0.800. The van der Waals surface area contributed by atoms with Gasteiger partial charge in [-0.25, -0.2) is 0 Å². The van der Waals surface area contributed by atoms with Gasteiger partial charge in [-0.3, -0.25) is 0 Å². The minimum atomic E-state index is 0.800. The average molecular weight is 589 g/mol. The summed E-state index contributed by atoms with van der Waals surface area (Å²) >= 11 is 0. The summed E-state index contributed by atoms with van der Waals surface area (Å²) in [5, 5.41) is 10.5. The van der Waals surface area contributed by atoms with Gasteiger partial charge in [0.2, 0.25) is 0 Å². The van der Waals surface area contributed by atoms with E-state index in [0.717, 1.165) is 38.0 Å². The summed E-state index contributed by atoms with van der Waals surface area (Å²) in [6.07, 6.45) is 4.42. The quantitative estimate of drug-likeness (QED) is 0.187. The van der Waals surface area contributed by atoms with Gasteiger partial charge in [0.15, 0.2) is 0 Å². The summed E-state index contributed by atoms with van der Waals surface area (Å²) in [7, 11) is 0. The Labute approximate surface area is 268 Å². The van der Waals surface area contributed by atoms with E-state index in [1.807, 2.05) is 0 Å². The smallest absolute Gasteiger partial charge is 0.130 e. The highest BCUT2D eigenvalue weighted by atomic mass is 16.5. The van der Waals surface area contributed by atoms with Gasteiger partial charge in [0.1, 0.15) is 5.75 Å². The van der Waals surface area contributed by atoms with E-state index >= 15 is 0 Å². The van der Waals surface area contributed by atoms with Crippen molar-refractivity contribution < 1.29 is 4.74 Å². The minimum Gasteiger partial charge on any atom is -0.493 e. The second kappa shape index (κ2) is 10.1. The fourth-order valence-corrected chi connectivity index (χ4v) is 8.45. The molecule has 1 aliphatic carbocycles. The minimum absolute atomic E-state index is 0.800. The van der Waals surface area contributed by atoms with Crippen LogP contribution in [0.15, 0.2) is 133 Å². The Morgan fingerprint density at radius 3 is 1.70 bits per heavy atom. The second-order valence-electron chi connectivity index (χ2n) is 12.9. The molecule has 0 atom stereocenters. The molecule has 0 spiro atoms. The molecule has 0 bridgehead atoms. The Morgan fingerprint density at radius 2 is 0.978 bits per heavy atom. The van der Waals surface area contributed by atoms with Crippen LogP contribution in [0.25, 0.3) is 76.5 Å². The molecule has 0 aromatic heterocycles. The summed E-state index contributed by atoms with van der Waals surface area (Å²) < 4.78 is 6.17. The lowest BCUT2D eigenvalue weighted by molar-refractivity contribution is 0.292. The molecule has 1 heterocycles. The number of fused-ring (bicyclic) bond motifs is 5. The molecule has 1 nitrogen and oxygen atoms in total. The molecule has 1 heteroatoms. The molecule has 0 radical (unpaired) electrons. The monoisotopic (exact) mass is 588 g/mol. The van der Waals surface area contributed by atoms with Crippen molar-refractivity contribution in [1.82, 2.24) is 0 Å². The number of rotatable bonds is 3.